The average Bonchev–Trinajstić information content (AvgIpc) is 2.37. The van der Waals surface area contributed by atoms with Gasteiger partial charge in [-0.2, -0.15) is 0 Å². The van der Waals surface area contributed by atoms with Crippen molar-refractivity contribution < 1.29 is 9.00 Å². The number of urea groups is 1. The van der Waals surface area contributed by atoms with Gasteiger partial charge in [-0.3, -0.25) is 4.21 Å². The zero-order valence-electron chi connectivity index (χ0n) is 12.7. The van der Waals surface area contributed by atoms with Gasteiger partial charge in [0.1, 0.15) is 0 Å². The first-order valence-electron chi connectivity index (χ1n) is 7.21. The Kier molecular flexibility index (Phi) is 6.30. The summed E-state index contributed by atoms with van der Waals surface area (Å²) in [5.41, 5.74) is 0. The Morgan fingerprint density at radius 1 is 1.26 bits per heavy atom. The molecule has 1 unspecified atom stereocenters. The lowest BCUT2D eigenvalue weighted by molar-refractivity contribution is 0.174. The van der Waals surface area contributed by atoms with Crippen molar-refractivity contribution in [2.24, 2.45) is 0 Å². The third-order valence-electron chi connectivity index (χ3n) is 3.69. The maximum absolute atomic E-state index is 12.0. The van der Waals surface area contributed by atoms with E-state index in [2.05, 4.69) is 5.32 Å². The van der Waals surface area contributed by atoms with Gasteiger partial charge in [0.05, 0.1) is 0 Å². The molecule has 1 aliphatic carbocycles. The average molecular weight is 288 g/mol. The fraction of sp³-hybridized carbons (Fsp3) is 0.929. The first kappa shape index (κ1) is 16.5. The number of rotatable bonds is 4. The number of amides is 2. The van der Waals surface area contributed by atoms with Gasteiger partial charge in [-0.1, -0.05) is 19.3 Å². The van der Waals surface area contributed by atoms with E-state index >= 15 is 0 Å². The molecule has 1 N–H and O–H groups in total. The number of nitrogens with one attached hydrogen (secondary N) is 1. The molecule has 0 aromatic carbocycles. The zero-order valence-corrected chi connectivity index (χ0v) is 13.5. The molecular formula is C14H28N2O2S. The van der Waals surface area contributed by atoms with E-state index < -0.39 is 10.8 Å². The van der Waals surface area contributed by atoms with Crippen molar-refractivity contribution in [1.82, 2.24) is 10.2 Å². The minimum atomic E-state index is -0.905. The summed E-state index contributed by atoms with van der Waals surface area (Å²) in [5, 5.41) is 2.88. The summed E-state index contributed by atoms with van der Waals surface area (Å²) in [6, 6.07) is 0.347. The van der Waals surface area contributed by atoms with Gasteiger partial charge in [-0.15, -0.1) is 0 Å². The topological polar surface area (TPSA) is 49.4 Å². The minimum Gasteiger partial charge on any atom is -0.337 e. The number of hydrogen-bond acceptors (Lipinski definition) is 2. The van der Waals surface area contributed by atoms with E-state index in [0.29, 0.717) is 18.3 Å². The van der Waals surface area contributed by atoms with Crippen LogP contribution in [0, 0.1) is 0 Å². The molecule has 1 atom stereocenters. The molecule has 0 radical (unpaired) electrons. The van der Waals surface area contributed by atoms with Crippen LogP contribution in [0.15, 0.2) is 0 Å². The molecule has 0 spiro atoms. The molecule has 0 aromatic rings. The van der Waals surface area contributed by atoms with Gasteiger partial charge in [0, 0.05) is 40.9 Å². The van der Waals surface area contributed by atoms with Crippen LogP contribution < -0.4 is 5.32 Å². The molecule has 1 fully saturated rings. The molecule has 19 heavy (non-hydrogen) atoms. The maximum atomic E-state index is 12.0. The quantitative estimate of drug-likeness (QED) is 0.864. The molecular weight excluding hydrogens is 260 g/mol. The van der Waals surface area contributed by atoms with Gasteiger partial charge in [-0.05, 0) is 33.6 Å². The van der Waals surface area contributed by atoms with Crippen LogP contribution in [0.25, 0.3) is 0 Å². The second-order valence-electron chi connectivity index (χ2n) is 6.30. The molecule has 1 rings (SSSR count). The largest absolute Gasteiger partial charge is 0.337 e. The molecule has 0 saturated heterocycles. The third-order valence-corrected chi connectivity index (χ3v) is 5.63. The van der Waals surface area contributed by atoms with Crippen LogP contribution >= 0.6 is 0 Å². The zero-order chi connectivity index (χ0) is 14.5. The summed E-state index contributed by atoms with van der Waals surface area (Å²) in [5.74, 6) is 0.522. The summed E-state index contributed by atoms with van der Waals surface area (Å²) in [4.78, 5) is 13.8. The van der Waals surface area contributed by atoms with Crippen molar-refractivity contribution >= 4 is 16.8 Å². The second kappa shape index (κ2) is 7.27. The van der Waals surface area contributed by atoms with E-state index in [9.17, 15) is 9.00 Å². The molecule has 4 nitrogen and oxygen atoms in total. The van der Waals surface area contributed by atoms with Gasteiger partial charge in [0.2, 0.25) is 0 Å². The number of carbonyl (C=O) groups is 1. The number of carbonyl (C=O) groups excluding carboxylic acids is 1. The molecule has 0 aromatic heterocycles. The van der Waals surface area contributed by atoms with Gasteiger partial charge < -0.3 is 10.2 Å². The minimum absolute atomic E-state index is 0.0298. The molecule has 112 valence electrons. The Hall–Kier alpha value is -0.580. The third kappa shape index (κ3) is 5.51. The highest BCUT2D eigenvalue weighted by Gasteiger charge is 2.23. The van der Waals surface area contributed by atoms with Gasteiger partial charge in [-0.25, -0.2) is 4.79 Å². The molecule has 0 aliphatic heterocycles. The summed E-state index contributed by atoms with van der Waals surface area (Å²) >= 11 is 0. The van der Waals surface area contributed by atoms with Crippen LogP contribution in [-0.4, -0.2) is 45.3 Å². The summed E-state index contributed by atoms with van der Waals surface area (Å²) in [6.45, 7) is 6.36. The van der Waals surface area contributed by atoms with E-state index in [1.165, 1.54) is 19.3 Å². The van der Waals surface area contributed by atoms with Gasteiger partial charge in [0.15, 0.2) is 0 Å². The van der Waals surface area contributed by atoms with E-state index in [0.717, 1.165) is 12.8 Å². The van der Waals surface area contributed by atoms with Crippen molar-refractivity contribution in [1.29, 1.82) is 0 Å². The highest BCUT2D eigenvalue weighted by molar-refractivity contribution is 7.86. The Labute approximate surface area is 119 Å². The smallest absolute Gasteiger partial charge is 0.317 e. The Morgan fingerprint density at radius 3 is 2.37 bits per heavy atom. The molecule has 0 bridgehead atoms. The highest BCUT2D eigenvalue weighted by Crippen LogP contribution is 2.21. The van der Waals surface area contributed by atoms with Crippen LogP contribution in [0.5, 0.6) is 0 Å². The predicted molar refractivity (Wildman–Crippen MR) is 80.8 cm³/mol. The standard InChI is InChI=1S/C14H28N2O2S/c1-14(2,3)19(18)11-10-15-13(17)16(4)12-8-6-5-7-9-12/h12H,5-11H2,1-4H3,(H,15,17). The normalized spacial score (nSPS) is 18.9. The molecule has 1 aliphatic rings. The molecule has 0 heterocycles. The van der Waals surface area contributed by atoms with Crippen LogP contribution in [0.2, 0.25) is 0 Å². The molecule has 2 amide bonds. The lowest BCUT2D eigenvalue weighted by atomic mass is 9.95. The van der Waals surface area contributed by atoms with E-state index in [1.807, 2.05) is 32.7 Å². The van der Waals surface area contributed by atoms with Gasteiger partial charge >= 0.3 is 6.03 Å². The maximum Gasteiger partial charge on any atom is 0.317 e. The lowest BCUT2D eigenvalue weighted by Gasteiger charge is -2.31. The SMILES string of the molecule is CN(C(=O)NCCS(=O)C(C)(C)C)C1CCCCC1. The van der Waals surface area contributed by atoms with Crippen LogP contribution in [-0.2, 0) is 10.8 Å². The van der Waals surface area contributed by atoms with Crippen molar-refractivity contribution in [3.8, 4) is 0 Å². The monoisotopic (exact) mass is 288 g/mol. The van der Waals surface area contributed by atoms with E-state index in [1.54, 1.807) is 0 Å². The number of hydrogen-bond donors (Lipinski definition) is 1. The van der Waals surface area contributed by atoms with Crippen LogP contribution in [0.1, 0.15) is 52.9 Å². The van der Waals surface area contributed by atoms with Crippen molar-refractivity contribution in [2.45, 2.75) is 63.7 Å². The van der Waals surface area contributed by atoms with E-state index in [4.69, 9.17) is 0 Å². The number of nitrogens with zero attached hydrogens (tertiary/aromatic N) is 1. The summed E-state index contributed by atoms with van der Waals surface area (Å²) in [7, 11) is 0.962. The first-order chi connectivity index (χ1) is 8.82. The van der Waals surface area contributed by atoms with Crippen LogP contribution in [0.4, 0.5) is 4.79 Å². The lowest BCUT2D eigenvalue weighted by Crippen LogP contribution is -2.45. The van der Waals surface area contributed by atoms with Gasteiger partial charge in [0.25, 0.3) is 0 Å². The van der Waals surface area contributed by atoms with Crippen molar-refractivity contribution in [3.63, 3.8) is 0 Å². The van der Waals surface area contributed by atoms with Crippen molar-refractivity contribution in [2.75, 3.05) is 19.3 Å². The fourth-order valence-corrected chi connectivity index (χ4v) is 3.22. The summed E-state index contributed by atoms with van der Waals surface area (Å²) < 4.78 is 11.7. The summed E-state index contributed by atoms with van der Waals surface area (Å²) in [6.07, 6.45) is 5.94. The van der Waals surface area contributed by atoms with E-state index in [-0.39, 0.29) is 10.8 Å². The molecule has 5 heteroatoms. The van der Waals surface area contributed by atoms with Crippen molar-refractivity contribution in [3.05, 3.63) is 0 Å². The Morgan fingerprint density at radius 2 is 1.84 bits per heavy atom. The highest BCUT2D eigenvalue weighted by atomic mass is 32.2. The van der Waals surface area contributed by atoms with Crippen LogP contribution in [0.3, 0.4) is 0 Å². The Bertz CT molecular complexity index is 320. The first-order valence-corrected chi connectivity index (χ1v) is 8.53. The fourth-order valence-electron chi connectivity index (χ4n) is 2.32. The predicted octanol–water partition coefficient (Wildman–Crippen LogP) is 2.51. The Balaban J connectivity index is 2.28. The second-order valence-corrected chi connectivity index (χ2v) is 8.62. The molecule has 1 saturated carbocycles.